The highest BCUT2D eigenvalue weighted by atomic mass is 32.2. The third kappa shape index (κ3) is 5.83. The fourth-order valence-corrected chi connectivity index (χ4v) is 5.23. The largest absolute Gasteiger partial charge is 0.394 e. The van der Waals surface area contributed by atoms with E-state index in [0.29, 0.717) is 37.1 Å². The summed E-state index contributed by atoms with van der Waals surface area (Å²) in [5.41, 5.74) is 2.21. The zero-order valence-corrected chi connectivity index (χ0v) is 19.1. The van der Waals surface area contributed by atoms with Gasteiger partial charge in [0.05, 0.1) is 35.9 Å². The number of ether oxygens (including phenoxy) is 1. The van der Waals surface area contributed by atoms with Crippen LogP contribution < -0.4 is 4.72 Å². The number of aromatic nitrogens is 3. The van der Waals surface area contributed by atoms with Gasteiger partial charge in [-0.05, 0) is 50.5 Å². The normalized spacial score (nSPS) is 21.2. The molecule has 176 valence electrons. The second kappa shape index (κ2) is 10.1. The molecule has 2 heterocycles. The summed E-state index contributed by atoms with van der Waals surface area (Å²) in [5, 5.41) is 18.0. The van der Waals surface area contributed by atoms with Gasteiger partial charge in [0.15, 0.2) is 0 Å². The van der Waals surface area contributed by atoms with Crippen LogP contribution in [0.2, 0.25) is 0 Å². The molecule has 8 nitrogen and oxygen atoms in total. The maximum atomic E-state index is 13.4. The molecule has 0 radical (unpaired) electrons. The third-order valence-electron chi connectivity index (χ3n) is 5.77. The Kier molecular flexibility index (Phi) is 7.18. The van der Waals surface area contributed by atoms with Crippen LogP contribution in [0.3, 0.4) is 0 Å². The van der Waals surface area contributed by atoms with E-state index >= 15 is 0 Å². The number of halogens is 1. The van der Waals surface area contributed by atoms with E-state index in [1.165, 1.54) is 12.1 Å². The first-order valence-corrected chi connectivity index (χ1v) is 12.3. The zero-order valence-electron chi connectivity index (χ0n) is 18.3. The van der Waals surface area contributed by atoms with Crippen molar-refractivity contribution in [2.24, 2.45) is 0 Å². The molecule has 0 bridgehead atoms. The summed E-state index contributed by atoms with van der Waals surface area (Å²) in [5.74, 6) is -0.333. The Bertz CT molecular complexity index is 1180. The lowest BCUT2D eigenvalue weighted by Gasteiger charge is -2.36. The first-order chi connectivity index (χ1) is 15.8. The van der Waals surface area contributed by atoms with Crippen molar-refractivity contribution in [3.63, 3.8) is 0 Å². The Hall–Kier alpha value is -2.66. The van der Waals surface area contributed by atoms with Gasteiger partial charge in [-0.15, -0.1) is 5.10 Å². The molecule has 1 fully saturated rings. The van der Waals surface area contributed by atoms with Gasteiger partial charge in [0, 0.05) is 12.1 Å². The van der Waals surface area contributed by atoms with Crippen molar-refractivity contribution < 1.29 is 22.7 Å². The van der Waals surface area contributed by atoms with Crippen molar-refractivity contribution in [2.45, 2.75) is 55.9 Å². The van der Waals surface area contributed by atoms with E-state index in [-0.39, 0.29) is 23.4 Å². The van der Waals surface area contributed by atoms with Crippen LogP contribution in [0.4, 0.5) is 4.39 Å². The van der Waals surface area contributed by atoms with Crippen molar-refractivity contribution in [3.05, 3.63) is 66.1 Å². The predicted molar refractivity (Wildman–Crippen MR) is 120 cm³/mol. The Morgan fingerprint density at radius 2 is 2.00 bits per heavy atom. The third-order valence-corrected chi connectivity index (χ3v) is 7.28. The first kappa shape index (κ1) is 23.5. The second-order valence-electron chi connectivity index (χ2n) is 8.26. The number of aliphatic hydroxyl groups is 1. The van der Waals surface area contributed by atoms with E-state index in [9.17, 15) is 17.9 Å². The molecule has 0 amide bonds. The number of sulfonamides is 1. The SMILES string of the molecule is Cc1ccc(S(=O)(=O)N[C@@H]2CC[C@@H](CCn3cc(-c4cccc(F)c4)nn3)O[C@H]2CO)cc1. The van der Waals surface area contributed by atoms with Crippen LogP contribution in [0.1, 0.15) is 24.8 Å². The van der Waals surface area contributed by atoms with Gasteiger partial charge < -0.3 is 9.84 Å². The first-order valence-electron chi connectivity index (χ1n) is 10.9. The summed E-state index contributed by atoms with van der Waals surface area (Å²) in [6.45, 7) is 2.14. The minimum Gasteiger partial charge on any atom is -0.394 e. The summed E-state index contributed by atoms with van der Waals surface area (Å²) in [4.78, 5) is 0.187. The molecule has 1 saturated heterocycles. The molecule has 0 saturated carbocycles. The Labute approximate surface area is 192 Å². The molecule has 33 heavy (non-hydrogen) atoms. The number of rotatable bonds is 8. The van der Waals surface area contributed by atoms with E-state index in [2.05, 4.69) is 15.0 Å². The summed E-state index contributed by atoms with van der Waals surface area (Å²) in [6.07, 6.45) is 2.78. The van der Waals surface area contributed by atoms with E-state index in [1.807, 2.05) is 6.92 Å². The van der Waals surface area contributed by atoms with Crippen molar-refractivity contribution in [1.82, 2.24) is 19.7 Å². The summed E-state index contributed by atoms with van der Waals surface area (Å²) >= 11 is 0. The van der Waals surface area contributed by atoms with E-state index < -0.39 is 22.2 Å². The van der Waals surface area contributed by atoms with E-state index in [4.69, 9.17) is 4.74 Å². The lowest BCUT2D eigenvalue weighted by Crippen LogP contribution is -2.50. The van der Waals surface area contributed by atoms with Gasteiger partial charge >= 0.3 is 0 Å². The number of aliphatic hydroxyl groups excluding tert-OH is 1. The number of benzene rings is 2. The van der Waals surface area contributed by atoms with Crippen LogP contribution in [-0.2, 0) is 21.3 Å². The van der Waals surface area contributed by atoms with Gasteiger partial charge in [0.25, 0.3) is 0 Å². The van der Waals surface area contributed by atoms with Gasteiger partial charge in [-0.3, -0.25) is 4.68 Å². The van der Waals surface area contributed by atoms with Gasteiger partial charge in [-0.25, -0.2) is 17.5 Å². The molecule has 3 atom stereocenters. The molecule has 2 aromatic carbocycles. The number of hydrogen-bond donors (Lipinski definition) is 2. The number of aryl methyl sites for hydroxylation is 2. The minimum atomic E-state index is -3.71. The van der Waals surface area contributed by atoms with Crippen LogP contribution in [0, 0.1) is 12.7 Å². The van der Waals surface area contributed by atoms with Gasteiger partial charge in [0.2, 0.25) is 10.0 Å². The number of hydrogen-bond acceptors (Lipinski definition) is 6. The quantitative estimate of drug-likeness (QED) is 0.520. The molecule has 0 spiro atoms. The van der Waals surface area contributed by atoms with Gasteiger partial charge in [-0.2, -0.15) is 0 Å². The van der Waals surface area contributed by atoms with Crippen molar-refractivity contribution in [3.8, 4) is 11.3 Å². The standard InChI is InChI=1S/C23H27FN4O4S/c1-16-5-8-20(9-6-16)33(30,31)26-21-10-7-19(32-23(21)15-29)11-12-28-14-22(25-27-28)17-3-2-4-18(24)13-17/h2-6,8-9,13-14,19,21,23,26,29H,7,10-12,15H2,1H3/t19-,21+,23-/m0/s1. The summed E-state index contributed by atoms with van der Waals surface area (Å²) in [6, 6.07) is 12.3. The Balaban J connectivity index is 1.33. The molecule has 2 N–H and O–H groups in total. The maximum absolute atomic E-state index is 13.4. The van der Waals surface area contributed by atoms with Gasteiger partial charge in [-0.1, -0.05) is 35.0 Å². The van der Waals surface area contributed by atoms with E-state index in [0.717, 1.165) is 5.56 Å². The molecule has 0 unspecified atom stereocenters. The van der Waals surface area contributed by atoms with Crippen molar-refractivity contribution in [2.75, 3.05) is 6.61 Å². The summed E-state index contributed by atoms with van der Waals surface area (Å²) < 4.78 is 49.2. The smallest absolute Gasteiger partial charge is 0.240 e. The monoisotopic (exact) mass is 474 g/mol. The molecule has 0 aliphatic carbocycles. The fourth-order valence-electron chi connectivity index (χ4n) is 3.93. The molecule has 1 aromatic heterocycles. The Morgan fingerprint density at radius 1 is 1.21 bits per heavy atom. The molecule has 3 aromatic rings. The number of nitrogens with zero attached hydrogens (tertiary/aromatic N) is 3. The zero-order chi connectivity index (χ0) is 23.4. The maximum Gasteiger partial charge on any atom is 0.240 e. The molecule has 10 heteroatoms. The Morgan fingerprint density at radius 3 is 2.73 bits per heavy atom. The number of nitrogens with one attached hydrogen (secondary N) is 1. The van der Waals surface area contributed by atoms with Crippen LogP contribution in [0.15, 0.2) is 59.6 Å². The molecule has 1 aliphatic heterocycles. The van der Waals surface area contributed by atoms with E-state index in [1.54, 1.807) is 47.3 Å². The van der Waals surface area contributed by atoms with Crippen LogP contribution in [0.5, 0.6) is 0 Å². The fraction of sp³-hybridized carbons (Fsp3) is 0.391. The van der Waals surface area contributed by atoms with Gasteiger partial charge in [0.1, 0.15) is 11.5 Å². The lowest BCUT2D eigenvalue weighted by atomic mass is 9.98. The topological polar surface area (TPSA) is 106 Å². The minimum absolute atomic E-state index is 0.149. The highest BCUT2D eigenvalue weighted by Gasteiger charge is 2.33. The van der Waals surface area contributed by atoms with Crippen LogP contribution in [-0.4, -0.2) is 53.4 Å². The van der Waals surface area contributed by atoms with Crippen molar-refractivity contribution >= 4 is 10.0 Å². The molecule has 4 rings (SSSR count). The van der Waals surface area contributed by atoms with Crippen molar-refractivity contribution in [1.29, 1.82) is 0 Å². The molecule has 1 aliphatic rings. The highest BCUT2D eigenvalue weighted by molar-refractivity contribution is 7.89. The predicted octanol–water partition coefficient (Wildman–Crippen LogP) is 2.67. The lowest BCUT2D eigenvalue weighted by molar-refractivity contribution is -0.0891. The van der Waals surface area contributed by atoms with Crippen LogP contribution in [0.25, 0.3) is 11.3 Å². The molecular weight excluding hydrogens is 447 g/mol. The van der Waals surface area contributed by atoms with Crippen LogP contribution >= 0.6 is 0 Å². The highest BCUT2D eigenvalue weighted by Crippen LogP contribution is 2.24. The molecular formula is C23H27FN4O4S. The average Bonchev–Trinajstić information content (AvgIpc) is 3.28. The second-order valence-corrected chi connectivity index (χ2v) is 9.98. The summed E-state index contributed by atoms with van der Waals surface area (Å²) in [7, 11) is -3.71. The average molecular weight is 475 g/mol.